The predicted molar refractivity (Wildman–Crippen MR) is 96.6 cm³/mol. The lowest BCUT2D eigenvalue weighted by Crippen LogP contribution is -2.15. The van der Waals surface area contributed by atoms with Gasteiger partial charge in [0.2, 0.25) is 0 Å². The molecule has 2 rings (SSSR count). The van der Waals surface area contributed by atoms with Crippen LogP contribution >= 0.6 is 15.9 Å². The van der Waals surface area contributed by atoms with Crippen molar-refractivity contribution in [3.63, 3.8) is 0 Å². The van der Waals surface area contributed by atoms with E-state index in [0.29, 0.717) is 15.9 Å². The first-order valence-corrected chi connectivity index (χ1v) is 9.38. The number of ether oxygens (including phenoxy) is 1. The third-order valence-electron chi connectivity index (χ3n) is 3.42. The summed E-state index contributed by atoms with van der Waals surface area (Å²) >= 11 is 3.29. The van der Waals surface area contributed by atoms with Crippen LogP contribution in [0, 0.1) is 0 Å². The molecule has 0 fully saturated rings. The molecule has 0 aromatic heterocycles. The summed E-state index contributed by atoms with van der Waals surface area (Å²) in [7, 11) is -2.29. The maximum atomic E-state index is 12.6. The Morgan fingerprint density at radius 3 is 2.17 bits per heavy atom. The van der Waals surface area contributed by atoms with Crippen LogP contribution in [0.25, 0.3) is 0 Å². The molecule has 1 N–H and O–H groups in total. The molecule has 0 radical (unpaired) electrons. The monoisotopic (exact) mass is 397 g/mol. The number of halogens is 1. The highest BCUT2D eigenvalue weighted by Gasteiger charge is 2.20. The van der Waals surface area contributed by atoms with Gasteiger partial charge >= 0.3 is 0 Å². The Morgan fingerprint density at radius 1 is 1.04 bits per heavy atom. The quantitative estimate of drug-likeness (QED) is 0.822. The van der Waals surface area contributed by atoms with Gasteiger partial charge in [0.15, 0.2) is 0 Å². The van der Waals surface area contributed by atoms with Gasteiger partial charge in [0.05, 0.1) is 7.11 Å². The third-order valence-corrected chi connectivity index (χ3v) is 5.31. The van der Waals surface area contributed by atoms with Crippen LogP contribution in [0.3, 0.4) is 0 Å². The molecule has 0 aliphatic rings. The first-order chi connectivity index (χ1) is 10.6. The lowest BCUT2D eigenvalue weighted by atomic mass is 9.87. The zero-order valence-electron chi connectivity index (χ0n) is 13.6. The number of methoxy groups -OCH3 is 1. The van der Waals surface area contributed by atoms with E-state index in [9.17, 15) is 8.42 Å². The van der Waals surface area contributed by atoms with Gasteiger partial charge < -0.3 is 4.74 Å². The molecule has 0 amide bonds. The van der Waals surface area contributed by atoms with Gasteiger partial charge in [0.25, 0.3) is 10.0 Å². The summed E-state index contributed by atoms with van der Waals surface area (Å²) in [6.45, 7) is 6.33. The smallest absolute Gasteiger partial charge is 0.265 e. The van der Waals surface area contributed by atoms with E-state index in [1.807, 2.05) is 12.1 Å². The van der Waals surface area contributed by atoms with Crippen molar-refractivity contribution in [3.05, 3.63) is 52.5 Å². The van der Waals surface area contributed by atoms with Crippen LogP contribution in [-0.2, 0) is 15.4 Å². The van der Waals surface area contributed by atoms with Gasteiger partial charge in [-0.2, -0.15) is 0 Å². The fraction of sp³-hybridized carbons (Fsp3) is 0.294. The Morgan fingerprint density at radius 2 is 1.65 bits per heavy atom. The van der Waals surface area contributed by atoms with Crippen molar-refractivity contribution in [2.45, 2.75) is 31.1 Å². The SMILES string of the molecule is COc1ccc(Br)cc1S(=O)(=O)Nc1ccc(C(C)(C)C)cc1. The molecule has 0 spiro atoms. The van der Waals surface area contributed by atoms with Gasteiger partial charge in [-0.05, 0) is 41.3 Å². The minimum absolute atomic E-state index is 0.0188. The Balaban J connectivity index is 2.34. The number of sulfonamides is 1. The van der Waals surface area contributed by atoms with Crippen molar-refractivity contribution in [2.75, 3.05) is 11.8 Å². The molecule has 0 aliphatic heterocycles. The second kappa shape index (κ2) is 6.53. The Bertz CT molecular complexity index is 794. The second-order valence-corrected chi connectivity index (χ2v) is 8.79. The van der Waals surface area contributed by atoms with Gasteiger partial charge in [0, 0.05) is 10.2 Å². The van der Waals surface area contributed by atoms with E-state index in [1.165, 1.54) is 13.2 Å². The molecule has 0 heterocycles. The fourth-order valence-electron chi connectivity index (χ4n) is 2.11. The number of rotatable bonds is 4. The van der Waals surface area contributed by atoms with Crippen LogP contribution in [0.5, 0.6) is 5.75 Å². The lowest BCUT2D eigenvalue weighted by Gasteiger charge is -2.19. The first kappa shape index (κ1) is 17.8. The van der Waals surface area contributed by atoms with Gasteiger partial charge in [-0.25, -0.2) is 8.42 Å². The molecular formula is C17H20BrNO3S. The topological polar surface area (TPSA) is 55.4 Å². The summed E-state index contributed by atoms with van der Waals surface area (Å²) in [5.41, 5.74) is 1.67. The maximum absolute atomic E-state index is 12.6. The highest BCUT2D eigenvalue weighted by Crippen LogP contribution is 2.29. The molecular weight excluding hydrogens is 378 g/mol. The van der Waals surface area contributed by atoms with Crippen molar-refractivity contribution < 1.29 is 13.2 Å². The van der Waals surface area contributed by atoms with Crippen molar-refractivity contribution in [3.8, 4) is 5.75 Å². The normalized spacial score (nSPS) is 12.0. The van der Waals surface area contributed by atoms with Crippen LogP contribution in [0.15, 0.2) is 51.8 Å². The molecule has 2 aromatic rings. The van der Waals surface area contributed by atoms with E-state index < -0.39 is 10.0 Å². The summed E-state index contributed by atoms with van der Waals surface area (Å²) < 4.78 is 33.6. The molecule has 124 valence electrons. The van der Waals surface area contributed by atoms with Crippen molar-refractivity contribution in [1.29, 1.82) is 0 Å². The molecule has 0 unspecified atom stereocenters. The van der Waals surface area contributed by atoms with Crippen molar-refractivity contribution in [2.24, 2.45) is 0 Å². The standard InChI is InChI=1S/C17H20BrNO3S/c1-17(2,3)12-5-8-14(9-6-12)19-23(20,21)16-11-13(18)7-10-15(16)22-4/h5-11,19H,1-4H3. The Kier molecular flexibility index (Phi) is 5.06. The summed E-state index contributed by atoms with van der Waals surface area (Å²) in [5, 5.41) is 0. The van der Waals surface area contributed by atoms with E-state index in [2.05, 4.69) is 41.4 Å². The fourth-order valence-corrected chi connectivity index (χ4v) is 3.88. The highest BCUT2D eigenvalue weighted by atomic mass is 79.9. The summed E-state index contributed by atoms with van der Waals surface area (Å²) in [5.74, 6) is 0.298. The summed E-state index contributed by atoms with van der Waals surface area (Å²) in [4.78, 5) is 0.0919. The number of hydrogen-bond acceptors (Lipinski definition) is 3. The average Bonchev–Trinajstić information content (AvgIpc) is 2.46. The zero-order valence-corrected chi connectivity index (χ0v) is 16.0. The second-order valence-electron chi connectivity index (χ2n) is 6.23. The number of anilines is 1. The summed E-state index contributed by atoms with van der Waals surface area (Å²) in [6, 6.07) is 12.2. The average molecular weight is 398 g/mol. The zero-order chi connectivity index (χ0) is 17.3. The van der Waals surface area contributed by atoms with Gasteiger partial charge in [0.1, 0.15) is 10.6 Å². The predicted octanol–water partition coefficient (Wildman–Crippen LogP) is 4.56. The maximum Gasteiger partial charge on any atom is 0.265 e. The Labute approximate surface area is 146 Å². The van der Waals surface area contributed by atoms with E-state index in [4.69, 9.17) is 4.74 Å². The molecule has 23 heavy (non-hydrogen) atoms. The van der Waals surface area contributed by atoms with Gasteiger partial charge in [-0.15, -0.1) is 0 Å². The van der Waals surface area contributed by atoms with Crippen LogP contribution in [-0.4, -0.2) is 15.5 Å². The number of benzene rings is 2. The minimum Gasteiger partial charge on any atom is -0.495 e. The van der Waals surface area contributed by atoms with E-state index >= 15 is 0 Å². The molecule has 0 bridgehead atoms. The number of nitrogens with one attached hydrogen (secondary N) is 1. The molecule has 0 saturated carbocycles. The van der Waals surface area contributed by atoms with Crippen LogP contribution in [0.1, 0.15) is 26.3 Å². The molecule has 0 saturated heterocycles. The molecule has 0 aliphatic carbocycles. The molecule has 2 aromatic carbocycles. The molecule has 0 atom stereocenters. The largest absolute Gasteiger partial charge is 0.495 e. The van der Waals surface area contributed by atoms with Gasteiger partial charge in [-0.1, -0.05) is 48.8 Å². The van der Waals surface area contributed by atoms with E-state index in [1.54, 1.807) is 24.3 Å². The van der Waals surface area contributed by atoms with Crippen LogP contribution in [0.4, 0.5) is 5.69 Å². The van der Waals surface area contributed by atoms with E-state index in [-0.39, 0.29) is 10.3 Å². The molecule has 4 nitrogen and oxygen atoms in total. The van der Waals surface area contributed by atoms with E-state index in [0.717, 1.165) is 5.56 Å². The van der Waals surface area contributed by atoms with Gasteiger partial charge in [-0.3, -0.25) is 4.72 Å². The Hall–Kier alpha value is -1.53. The minimum atomic E-state index is -3.73. The highest BCUT2D eigenvalue weighted by molar-refractivity contribution is 9.10. The third kappa shape index (κ3) is 4.26. The van der Waals surface area contributed by atoms with Crippen molar-refractivity contribution >= 4 is 31.6 Å². The summed E-state index contributed by atoms with van der Waals surface area (Å²) in [6.07, 6.45) is 0. The lowest BCUT2D eigenvalue weighted by molar-refractivity contribution is 0.403. The van der Waals surface area contributed by atoms with Crippen LogP contribution in [0.2, 0.25) is 0 Å². The first-order valence-electron chi connectivity index (χ1n) is 7.10. The van der Waals surface area contributed by atoms with Crippen LogP contribution < -0.4 is 9.46 Å². The molecule has 6 heteroatoms. The van der Waals surface area contributed by atoms with Crippen molar-refractivity contribution in [1.82, 2.24) is 0 Å². The number of hydrogen-bond donors (Lipinski definition) is 1.